The van der Waals surface area contributed by atoms with Gasteiger partial charge in [0.1, 0.15) is 5.82 Å². The van der Waals surface area contributed by atoms with Crippen molar-refractivity contribution in [2.45, 2.75) is 70.8 Å². The van der Waals surface area contributed by atoms with Crippen LogP contribution in [0.4, 0.5) is 0 Å². The first kappa shape index (κ1) is 13.0. The van der Waals surface area contributed by atoms with E-state index in [1.165, 1.54) is 61.9 Å². The van der Waals surface area contributed by atoms with Crippen LogP contribution in [0.1, 0.15) is 73.6 Å². The second-order valence-corrected chi connectivity index (χ2v) is 6.06. The van der Waals surface area contributed by atoms with Crippen molar-refractivity contribution in [3.8, 4) is 0 Å². The van der Waals surface area contributed by atoms with Gasteiger partial charge in [0.2, 0.25) is 0 Å². The van der Waals surface area contributed by atoms with Crippen molar-refractivity contribution in [2.24, 2.45) is 0 Å². The quantitative estimate of drug-likeness (QED) is 0.841. The average molecular weight is 259 g/mol. The molecule has 104 valence electrons. The molecule has 0 bridgehead atoms. The van der Waals surface area contributed by atoms with E-state index in [4.69, 9.17) is 9.97 Å². The zero-order chi connectivity index (χ0) is 13.1. The number of nitrogens with one attached hydrogen (secondary N) is 1. The van der Waals surface area contributed by atoms with Crippen LogP contribution >= 0.6 is 0 Å². The van der Waals surface area contributed by atoms with Gasteiger partial charge in [-0.3, -0.25) is 0 Å². The predicted molar refractivity (Wildman–Crippen MR) is 77.2 cm³/mol. The van der Waals surface area contributed by atoms with Gasteiger partial charge < -0.3 is 5.32 Å². The highest BCUT2D eigenvalue weighted by molar-refractivity contribution is 5.28. The molecule has 0 aromatic carbocycles. The second kappa shape index (κ2) is 6.00. The van der Waals surface area contributed by atoms with E-state index in [1.54, 1.807) is 0 Å². The summed E-state index contributed by atoms with van der Waals surface area (Å²) in [6.07, 6.45) is 10.6. The monoisotopic (exact) mass is 259 g/mol. The van der Waals surface area contributed by atoms with Gasteiger partial charge in [0.05, 0.1) is 5.69 Å². The molecule has 1 aliphatic heterocycles. The van der Waals surface area contributed by atoms with Crippen LogP contribution in [-0.4, -0.2) is 16.5 Å². The molecule has 1 fully saturated rings. The molecule has 19 heavy (non-hydrogen) atoms. The molecule has 2 aliphatic rings. The van der Waals surface area contributed by atoms with Crippen LogP contribution in [0.15, 0.2) is 0 Å². The van der Waals surface area contributed by atoms with Crippen LogP contribution in [0.25, 0.3) is 0 Å². The molecular formula is C16H25N3. The lowest BCUT2D eigenvalue weighted by Gasteiger charge is -2.23. The number of fused-ring (bicyclic) bond motifs is 1. The minimum atomic E-state index is 0.603. The van der Waals surface area contributed by atoms with Crippen LogP contribution in [0, 0.1) is 6.92 Å². The van der Waals surface area contributed by atoms with Gasteiger partial charge in [-0.15, -0.1) is 0 Å². The highest BCUT2D eigenvalue weighted by atomic mass is 15.0. The molecule has 0 amide bonds. The summed E-state index contributed by atoms with van der Waals surface area (Å²) in [6.45, 7) is 4.16. The number of aryl methyl sites for hydroxylation is 1. The Hall–Kier alpha value is -0.960. The van der Waals surface area contributed by atoms with Crippen LogP contribution < -0.4 is 5.32 Å². The van der Waals surface area contributed by atoms with E-state index in [0.29, 0.717) is 5.92 Å². The molecule has 1 N–H and O–H groups in total. The smallest absolute Gasteiger partial charge is 0.132 e. The van der Waals surface area contributed by atoms with Crippen LogP contribution in [0.3, 0.4) is 0 Å². The summed E-state index contributed by atoms with van der Waals surface area (Å²) < 4.78 is 0. The molecule has 0 saturated heterocycles. The van der Waals surface area contributed by atoms with E-state index in [2.05, 4.69) is 12.2 Å². The predicted octanol–water partition coefficient (Wildman–Crippen LogP) is 3.26. The summed E-state index contributed by atoms with van der Waals surface area (Å²) in [6, 6.07) is 0. The maximum absolute atomic E-state index is 4.90. The molecule has 3 rings (SSSR count). The summed E-state index contributed by atoms with van der Waals surface area (Å²) in [5, 5.41) is 3.43. The van der Waals surface area contributed by atoms with Crippen molar-refractivity contribution < 1.29 is 0 Å². The van der Waals surface area contributed by atoms with E-state index >= 15 is 0 Å². The zero-order valence-corrected chi connectivity index (χ0v) is 12.0. The van der Waals surface area contributed by atoms with Gasteiger partial charge in [0, 0.05) is 18.2 Å². The Morgan fingerprint density at radius 2 is 1.74 bits per heavy atom. The van der Waals surface area contributed by atoms with Crippen LogP contribution in [-0.2, 0) is 13.0 Å². The van der Waals surface area contributed by atoms with Crippen molar-refractivity contribution in [2.75, 3.05) is 6.54 Å². The fourth-order valence-corrected chi connectivity index (χ4v) is 3.47. The lowest BCUT2D eigenvalue weighted by Crippen LogP contribution is -2.27. The topological polar surface area (TPSA) is 37.8 Å². The largest absolute Gasteiger partial charge is 0.311 e. The molecule has 2 heterocycles. The van der Waals surface area contributed by atoms with Gasteiger partial charge in [-0.1, -0.05) is 32.1 Å². The Morgan fingerprint density at radius 3 is 2.53 bits per heavy atom. The number of rotatable bonds is 1. The summed E-state index contributed by atoms with van der Waals surface area (Å²) in [5.74, 6) is 1.73. The average Bonchev–Trinajstić information content (AvgIpc) is 2.38. The first-order valence-electron chi connectivity index (χ1n) is 7.91. The Kier molecular flexibility index (Phi) is 4.12. The standard InChI is InChI=1S/C16H25N3/c1-12-14-9-10-17-11-15(14)19-16(18-12)13-7-5-3-2-4-6-8-13/h13,17H,2-11H2,1H3. The number of hydrogen-bond acceptors (Lipinski definition) is 3. The minimum Gasteiger partial charge on any atom is -0.311 e. The van der Waals surface area contributed by atoms with E-state index in [-0.39, 0.29) is 0 Å². The molecule has 1 aliphatic carbocycles. The molecular weight excluding hydrogens is 234 g/mol. The van der Waals surface area contributed by atoms with Crippen molar-refractivity contribution in [3.05, 3.63) is 22.8 Å². The molecule has 1 aromatic rings. The molecule has 0 atom stereocenters. The number of hydrogen-bond donors (Lipinski definition) is 1. The normalized spacial score (nSPS) is 21.5. The minimum absolute atomic E-state index is 0.603. The van der Waals surface area contributed by atoms with Crippen molar-refractivity contribution in [3.63, 3.8) is 0 Å². The highest BCUT2D eigenvalue weighted by Gasteiger charge is 2.20. The molecule has 1 aromatic heterocycles. The fourth-order valence-electron chi connectivity index (χ4n) is 3.47. The third kappa shape index (κ3) is 2.97. The summed E-state index contributed by atoms with van der Waals surface area (Å²) in [4.78, 5) is 9.74. The van der Waals surface area contributed by atoms with Gasteiger partial charge in [-0.25, -0.2) is 9.97 Å². The van der Waals surface area contributed by atoms with Crippen LogP contribution in [0.2, 0.25) is 0 Å². The number of nitrogens with zero attached hydrogens (tertiary/aromatic N) is 2. The first-order chi connectivity index (χ1) is 9.34. The van der Waals surface area contributed by atoms with E-state index in [0.717, 1.165) is 25.3 Å². The summed E-state index contributed by atoms with van der Waals surface area (Å²) >= 11 is 0. The Bertz CT molecular complexity index is 434. The molecule has 1 saturated carbocycles. The van der Waals surface area contributed by atoms with Crippen LogP contribution in [0.5, 0.6) is 0 Å². The number of aromatic nitrogens is 2. The maximum atomic E-state index is 4.90. The van der Waals surface area contributed by atoms with E-state index in [1.807, 2.05) is 0 Å². The molecule has 3 nitrogen and oxygen atoms in total. The lowest BCUT2D eigenvalue weighted by atomic mass is 9.90. The third-order valence-corrected chi connectivity index (χ3v) is 4.63. The van der Waals surface area contributed by atoms with Gasteiger partial charge in [-0.05, 0) is 38.3 Å². The molecule has 3 heteroatoms. The molecule has 0 radical (unpaired) electrons. The lowest BCUT2D eigenvalue weighted by molar-refractivity contribution is 0.439. The van der Waals surface area contributed by atoms with Gasteiger partial charge in [0.25, 0.3) is 0 Å². The van der Waals surface area contributed by atoms with E-state index in [9.17, 15) is 0 Å². The third-order valence-electron chi connectivity index (χ3n) is 4.63. The SMILES string of the molecule is Cc1nc(C2CCCCCCC2)nc2c1CCNC2. The summed E-state index contributed by atoms with van der Waals surface area (Å²) in [7, 11) is 0. The zero-order valence-electron chi connectivity index (χ0n) is 12.0. The van der Waals surface area contributed by atoms with Crippen molar-refractivity contribution in [1.82, 2.24) is 15.3 Å². The Labute approximate surface area is 116 Å². The van der Waals surface area contributed by atoms with Crippen molar-refractivity contribution in [1.29, 1.82) is 0 Å². The Balaban J connectivity index is 1.84. The van der Waals surface area contributed by atoms with Gasteiger partial charge in [-0.2, -0.15) is 0 Å². The fraction of sp³-hybridized carbons (Fsp3) is 0.750. The second-order valence-electron chi connectivity index (χ2n) is 6.06. The molecule has 0 spiro atoms. The Morgan fingerprint density at radius 1 is 1.00 bits per heavy atom. The summed E-state index contributed by atoms with van der Waals surface area (Å²) in [5.41, 5.74) is 3.88. The van der Waals surface area contributed by atoms with Crippen molar-refractivity contribution >= 4 is 0 Å². The van der Waals surface area contributed by atoms with Gasteiger partial charge >= 0.3 is 0 Å². The maximum Gasteiger partial charge on any atom is 0.132 e. The highest BCUT2D eigenvalue weighted by Crippen LogP contribution is 2.30. The first-order valence-corrected chi connectivity index (χ1v) is 7.91. The van der Waals surface area contributed by atoms with E-state index < -0.39 is 0 Å². The molecule has 0 unspecified atom stereocenters. The van der Waals surface area contributed by atoms with Gasteiger partial charge in [0.15, 0.2) is 0 Å².